The quantitative estimate of drug-likeness (QED) is 0.495. The molecule has 2 nitrogen and oxygen atoms in total. The van der Waals surface area contributed by atoms with Gasteiger partial charge in [-0.25, -0.2) is 0 Å². The van der Waals surface area contributed by atoms with Crippen LogP contribution < -0.4 is 0 Å². The van der Waals surface area contributed by atoms with Gasteiger partial charge in [0.2, 0.25) is 0 Å². The largest absolute Gasteiger partial charge is 0.376 e. The van der Waals surface area contributed by atoms with Crippen molar-refractivity contribution in [2.45, 2.75) is 57.3 Å². The van der Waals surface area contributed by atoms with Gasteiger partial charge in [0.25, 0.3) is 0 Å². The minimum atomic E-state index is 0.617. The van der Waals surface area contributed by atoms with E-state index in [9.17, 15) is 0 Å². The number of fused-ring (bicyclic) bond motifs is 2. The average molecular weight is 348 g/mol. The lowest BCUT2D eigenvalue weighted by molar-refractivity contribution is 0.0825. The number of rotatable bonds is 7. The van der Waals surface area contributed by atoms with E-state index in [0.717, 1.165) is 26.2 Å². The van der Waals surface area contributed by atoms with E-state index >= 15 is 0 Å². The van der Waals surface area contributed by atoms with Gasteiger partial charge in [0.05, 0.1) is 13.2 Å². The third-order valence-corrected chi connectivity index (χ3v) is 5.75. The smallest absolute Gasteiger partial charge is 0.0717 e. The van der Waals surface area contributed by atoms with E-state index in [0.29, 0.717) is 12.1 Å². The van der Waals surface area contributed by atoms with Crippen LogP contribution in [0.3, 0.4) is 0 Å². The average Bonchev–Trinajstić information content (AvgIpc) is 2.67. The van der Waals surface area contributed by atoms with Crippen molar-refractivity contribution in [1.29, 1.82) is 0 Å². The number of ether oxygens (including phenoxy) is 1. The first-order chi connectivity index (χ1) is 12.9. The van der Waals surface area contributed by atoms with Gasteiger partial charge in [-0.05, 0) is 36.8 Å². The molecule has 1 saturated heterocycles. The van der Waals surface area contributed by atoms with Gasteiger partial charge in [0, 0.05) is 18.6 Å². The molecule has 2 heterocycles. The summed E-state index contributed by atoms with van der Waals surface area (Å²) >= 11 is 0. The Labute approximate surface area is 157 Å². The van der Waals surface area contributed by atoms with Gasteiger partial charge in [0.1, 0.15) is 0 Å². The summed E-state index contributed by atoms with van der Waals surface area (Å²) in [5, 5.41) is 0. The minimum absolute atomic E-state index is 0.617. The minimum Gasteiger partial charge on any atom is -0.376 e. The molecule has 0 spiro atoms. The Hall–Kier alpha value is -1.90. The number of hydrogen-bond donors (Lipinski definition) is 0. The van der Waals surface area contributed by atoms with Gasteiger partial charge in [-0.2, -0.15) is 0 Å². The highest BCUT2D eigenvalue weighted by molar-refractivity contribution is 5.20. The lowest BCUT2D eigenvalue weighted by Gasteiger charge is -2.45. The van der Waals surface area contributed by atoms with Crippen molar-refractivity contribution < 1.29 is 4.74 Å². The number of piperidine rings is 1. The van der Waals surface area contributed by atoms with E-state index in [1.165, 1.54) is 36.8 Å². The summed E-state index contributed by atoms with van der Waals surface area (Å²) in [5.74, 6) is 0. The summed E-state index contributed by atoms with van der Waals surface area (Å²) in [6.45, 7) is 2.64. The summed E-state index contributed by atoms with van der Waals surface area (Å²) in [4.78, 5) is 2.73. The van der Waals surface area contributed by atoms with Crippen LogP contribution in [0.1, 0.15) is 43.2 Å². The maximum Gasteiger partial charge on any atom is 0.0717 e. The third kappa shape index (κ3) is 4.44. The third-order valence-electron chi connectivity index (χ3n) is 5.75. The second-order valence-electron chi connectivity index (χ2n) is 7.63. The topological polar surface area (TPSA) is 12.5 Å². The van der Waals surface area contributed by atoms with Crippen molar-refractivity contribution in [2.24, 2.45) is 0 Å². The fourth-order valence-electron chi connectivity index (χ4n) is 4.40. The molecule has 136 valence electrons. The van der Waals surface area contributed by atoms with Crippen molar-refractivity contribution in [2.75, 3.05) is 6.61 Å². The standard InChI is InChI=1S/C24H29NO/c1-3-8-20(9-4-1)18-25-23-12-7-13-24(25)17-22(16-23)14-15-26-19-21-10-5-2-6-11-21/h1-6,8-11,16,23-24H,7,12-15,17-19H2. The van der Waals surface area contributed by atoms with Crippen LogP contribution >= 0.6 is 0 Å². The molecule has 2 atom stereocenters. The molecule has 0 N–H and O–H groups in total. The highest BCUT2D eigenvalue weighted by atomic mass is 16.5. The summed E-state index contributed by atoms with van der Waals surface area (Å²) in [5.41, 5.74) is 4.31. The molecule has 0 radical (unpaired) electrons. The Morgan fingerprint density at radius 1 is 0.885 bits per heavy atom. The van der Waals surface area contributed by atoms with Crippen LogP contribution in [0, 0.1) is 0 Å². The monoisotopic (exact) mass is 347 g/mol. The maximum atomic E-state index is 5.91. The molecule has 2 aromatic carbocycles. The second-order valence-corrected chi connectivity index (χ2v) is 7.63. The molecule has 2 heteroatoms. The van der Waals surface area contributed by atoms with Crippen molar-refractivity contribution in [1.82, 2.24) is 4.90 Å². The fraction of sp³-hybridized carbons (Fsp3) is 0.417. The van der Waals surface area contributed by atoms with E-state index in [2.05, 4.69) is 71.6 Å². The van der Waals surface area contributed by atoms with E-state index in [1.54, 1.807) is 5.57 Å². The van der Waals surface area contributed by atoms with Crippen molar-refractivity contribution in [3.63, 3.8) is 0 Å². The summed E-state index contributed by atoms with van der Waals surface area (Å²) in [7, 11) is 0. The van der Waals surface area contributed by atoms with Gasteiger partial charge in [-0.1, -0.05) is 78.7 Å². The van der Waals surface area contributed by atoms with E-state index in [4.69, 9.17) is 4.74 Å². The maximum absolute atomic E-state index is 5.91. The molecule has 0 amide bonds. The second kappa shape index (κ2) is 8.66. The molecule has 0 saturated carbocycles. The Bertz CT molecular complexity index is 710. The van der Waals surface area contributed by atoms with Crippen LogP contribution in [0.15, 0.2) is 72.3 Å². The molecule has 4 rings (SSSR count). The summed E-state index contributed by atoms with van der Waals surface area (Å²) in [6, 6.07) is 22.7. The summed E-state index contributed by atoms with van der Waals surface area (Å²) in [6.07, 6.45) is 8.86. The van der Waals surface area contributed by atoms with Gasteiger partial charge in [-0.15, -0.1) is 0 Å². The fourth-order valence-corrected chi connectivity index (χ4v) is 4.40. The molecule has 0 aromatic heterocycles. The Kier molecular flexibility index (Phi) is 5.83. The highest BCUT2D eigenvalue weighted by Gasteiger charge is 2.33. The molecule has 1 fully saturated rings. The normalized spacial score (nSPS) is 22.8. The highest BCUT2D eigenvalue weighted by Crippen LogP contribution is 2.35. The number of hydrogen-bond acceptors (Lipinski definition) is 2. The van der Waals surface area contributed by atoms with Crippen LogP contribution in [-0.2, 0) is 17.9 Å². The Morgan fingerprint density at radius 2 is 1.62 bits per heavy atom. The lowest BCUT2D eigenvalue weighted by Crippen LogP contribution is -2.48. The SMILES string of the molecule is C1=C(CCOCc2ccccc2)CC2CCCC1N2Cc1ccccc1. The van der Waals surface area contributed by atoms with E-state index in [1.807, 2.05) is 0 Å². The van der Waals surface area contributed by atoms with Crippen molar-refractivity contribution in [3.05, 3.63) is 83.4 Å². The zero-order valence-corrected chi connectivity index (χ0v) is 15.5. The first-order valence-corrected chi connectivity index (χ1v) is 9.99. The molecule has 2 aliphatic rings. The lowest BCUT2D eigenvalue weighted by atomic mass is 9.84. The van der Waals surface area contributed by atoms with Crippen LogP contribution in [0.4, 0.5) is 0 Å². The predicted molar refractivity (Wildman–Crippen MR) is 107 cm³/mol. The molecule has 2 unspecified atom stereocenters. The van der Waals surface area contributed by atoms with E-state index < -0.39 is 0 Å². The molecule has 0 aliphatic carbocycles. The first kappa shape index (κ1) is 17.5. The molecule has 2 bridgehead atoms. The van der Waals surface area contributed by atoms with Gasteiger partial charge in [-0.3, -0.25) is 4.90 Å². The first-order valence-electron chi connectivity index (χ1n) is 9.99. The molecule has 2 aliphatic heterocycles. The van der Waals surface area contributed by atoms with Crippen molar-refractivity contribution in [3.8, 4) is 0 Å². The summed E-state index contributed by atoms with van der Waals surface area (Å²) < 4.78 is 5.91. The van der Waals surface area contributed by atoms with Gasteiger partial charge >= 0.3 is 0 Å². The van der Waals surface area contributed by atoms with E-state index in [-0.39, 0.29) is 0 Å². The van der Waals surface area contributed by atoms with Crippen LogP contribution in [0.25, 0.3) is 0 Å². The zero-order valence-electron chi connectivity index (χ0n) is 15.5. The van der Waals surface area contributed by atoms with Crippen LogP contribution in [0.2, 0.25) is 0 Å². The van der Waals surface area contributed by atoms with Gasteiger partial charge in [0.15, 0.2) is 0 Å². The number of benzene rings is 2. The van der Waals surface area contributed by atoms with Crippen LogP contribution in [0.5, 0.6) is 0 Å². The molecule has 26 heavy (non-hydrogen) atoms. The molecular formula is C24H29NO. The van der Waals surface area contributed by atoms with Crippen LogP contribution in [-0.4, -0.2) is 23.6 Å². The number of nitrogens with zero attached hydrogens (tertiary/aromatic N) is 1. The zero-order chi connectivity index (χ0) is 17.6. The Balaban J connectivity index is 1.31. The van der Waals surface area contributed by atoms with Gasteiger partial charge < -0.3 is 4.74 Å². The Morgan fingerprint density at radius 3 is 2.35 bits per heavy atom. The van der Waals surface area contributed by atoms with Crippen molar-refractivity contribution >= 4 is 0 Å². The molecule has 2 aromatic rings. The predicted octanol–water partition coefficient (Wildman–Crippen LogP) is 5.35. The molecular weight excluding hydrogens is 318 g/mol.